The molecule has 0 aliphatic heterocycles. The lowest BCUT2D eigenvalue weighted by atomic mass is 9.76. The Morgan fingerprint density at radius 3 is 2.22 bits per heavy atom. The predicted molar refractivity (Wildman–Crippen MR) is 68.4 cm³/mol. The summed E-state index contributed by atoms with van der Waals surface area (Å²) in [6, 6.07) is 0.284. The Balaban J connectivity index is 2.47. The molecule has 0 spiro atoms. The quantitative estimate of drug-likeness (QED) is 0.729. The van der Waals surface area contributed by atoms with Gasteiger partial charge in [-0.25, -0.2) is 0 Å². The van der Waals surface area contributed by atoms with Crippen molar-refractivity contribution in [3.63, 3.8) is 0 Å². The zero-order chi connectivity index (χ0) is 13.8. The van der Waals surface area contributed by atoms with Crippen molar-refractivity contribution in [1.82, 2.24) is 5.32 Å². The van der Waals surface area contributed by atoms with E-state index in [1.807, 2.05) is 7.05 Å². The Labute approximate surface area is 108 Å². The Kier molecular flexibility index (Phi) is 5.70. The molecule has 1 aliphatic rings. The van der Waals surface area contributed by atoms with Crippen molar-refractivity contribution in [2.24, 2.45) is 11.8 Å². The van der Waals surface area contributed by atoms with Crippen LogP contribution in [-0.2, 0) is 0 Å². The van der Waals surface area contributed by atoms with Gasteiger partial charge in [0, 0.05) is 6.04 Å². The first-order valence-electron chi connectivity index (χ1n) is 6.79. The van der Waals surface area contributed by atoms with E-state index >= 15 is 0 Å². The molecule has 0 aromatic heterocycles. The molecule has 4 heteroatoms. The van der Waals surface area contributed by atoms with Crippen LogP contribution in [-0.4, -0.2) is 19.3 Å². The van der Waals surface area contributed by atoms with E-state index in [-0.39, 0.29) is 18.9 Å². The maximum absolute atomic E-state index is 12.6. The van der Waals surface area contributed by atoms with Crippen LogP contribution in [0.2, 0.25) is 0 Å². The number of halogens is 3. The smallest absolute Gasteiger partial charge is 0.316 e. The standard InChI is InChI=1S/C14H24F3N/c1-4-10(2)9-13(18-3)11-5-7-12(8-6-11)14(15,16)17/h11-13,18H,2,4-9H2,1,3H3. The summed E-state index contributed by atoms with van der Waals surface area (Å²) in [5.74, 6) is -0.725. The highest BCUT2D eigenvalue weighted by Gasteiger charge is 2.42. The molecule has 1 fully saturated rings. The molecule has 1 rings (SSSR count). The summed E-state index contributed by atoms with van der Waals surface area (Å²) in [5.41, 5.74) is 1.17. The Hall–Kier alpha value is -0.510. The highest BCUT2D eigenvalue weighted by atomic mass is 19.4. The van der Waals surface area contributed by atoms with Crippen molar-refractivity contribution >= 4 is 0 Å². The fourth-order valence-electron chi connectivity index (χ4n) is 2.81. The van der Waals surface area contributed by atoms with Crippen molar-refractivity contribution in [2.45, 2.75) is 57.7 Å². The highest BCUT2D eigenvalue weighted by Crippen LogP contribution is 2.41. The van der Waals surface area contributed by atoms with Crippen LogP contribution >= 0.6 is 0 Å². The maximum atomic E-state index is 12.6. The number of alkyl halides is 3. The summed E-state index contributed by atoms with van der Waals surface area (Å²) in [5, 5.41) is 3.25. The molecule has 1 saturated carbocycles. The van der Waals surface area contributed by atoms with Gasteiger partial charge < -0.3 is 5.32 Å². The second-order valence-electron chi connectivity index (χ2n) is 5.36. The SMILES string of the molecule is C=C(CC)CC(NC)C1CCC(C(F)(F)F)CC1. The first-order chi connectivity index (χ1) is 8.38. The third-order valence-electron chi connectivity index (χ3n) is 4.18. The summed E-state index contributed by atoms with van der Waals surface area (Å²) < 4.78 is 37.8. The van der Waals surface area contributed by atoms with Crippen LogP contribution in [0.4, 0.5) is 13.2 Å². The van der Waals surface area contributed by atoms with Crippen molar-refractivity contribution in [3.8, 4) is 0 Å². The lowest BCUT2D eigenvalue weighted by Crippen LogP contribution is -2.38. The molecule has 1 atom stereocenters. The predicted octanol–water partition coefficient (Wildman–Crippen LogP) is 4.30. The third-order valence-corrected chi connectivity index (χ3v) is 4.18. The van der Waals surface area contributed by atoms with Gasteiger partial charge in [-0.1, -0.05) is 19.1 Å². The van der Waals surface area contributed by atoms with Gasteiger partial charge >= 0.3 is 6.18 Å². The van der Waals surface area contributed by atoms with Crippen LogP contribution in [0.1, 0.15) is 45.4 Å². The summed E-state index contributed by atoms with van der Waals surface area (Å²) in [7, 11) is 1.89. The molecule has 1 aliphatic carbocycles. The first-order valence-corrected chi connectivity index (χ1v) is 6.79. The largest absolute Gasteiger partial charge is 0.391 e. The van der Waals surface area contributed by atoms with Crippen LogP contribution in [0.25, 0.3) is 0 Å². The molecule has 1 unspecified atom stereocenters. The van der Waals surface area contributed by atoms with Crippen LogP contribution in [0.3, 0.4) is 0 Å². The van der Waals surface area contributed by atoms with Crippen LogP contribution < -0.4 is 5.32 Å². The molecule has 1 nitrogen and oxygen atoms in total. The summed E-state index contributed by atoms with van der Waals surface area (Å²) in [6.45, 7) is 6.06. The van der Waals surface area contributed by atoms with E-state index in [0.29, 0.717) is 18.8 Å². The topological polar surface area (TPSA) is 12.0 Å². The number of hydrogen-bond donors (Lipinski definition) is 1. The highest BCUT2D eigenvalue weighted by molar-refractivity contribution is 4.98. The summed E-state index contributed by atoms with van der Waals surface area (Å²) in [4.78, 5) is 0. The molecule has 0 saturated heterocycles. The van der Waals surface area contributed by atoms with Gasteiger partial charge in [0.05, 0.1) is 5.92 Å². The van der Waals surface area contributed by atoms with Crippen molar-refractivity contribution < 1.29 is 13.2 Å². The van der Waals surface area contributed by atoms with Gasteiger partial charge in [0.2, 0.25) is 0 Å². The molecule has 0 bridgehead atoms. The second-order valence-corrected chi connectivity index (χ2v) is 5.36. The summed E-state index contributed by atoms with van der Waals surface area (Å²) in [6.07, 6.45) is -0.271. The zero-order valence-corrected chi connectivity index (χ0v) is 11.3. The van der Waals surface area contributed by atoms with E-state index in [1.54, 1.807) is 0 Å². The van der Waals surface area contributed by atoms with E-state index in [1.165, 1.54) is 5.57 Å². The lowest BCUT2D eigenvalue weighted by Gasteiger charge is -2.34. The molecule has 0 amide bonds. The number of rotatable bonds is 5. The molecule has 0 aromatic rings. The molecule has 0 aromatic carbocycles. The molecule has 1 N–H and O–H groups in total. The van der Waals surface area contributed by atoms with Crippen LogP contribution in [0.5, 0.6) is 0 Å². The first kappa shape index (κ1) is 15.5. The molecular weight excluding hydrogens is 239 g/mol. The lowest BCUT2D eigenvalue weighted by molar-refractivity contribution is -0.184. The molecular formula is C14H24F3N. The molecule has 0 radical (unpaired) electrons. The number of hydrogen-bond acceptors (Lipinski definition) is 1. The summed E-state index contributed by atoms with van der Waals surface area (Å²) >= 11 is 0. The molecule has 0 heterocycles. The van der Waals surface area contributed by atoms with E-state index < -0.39 is 12.1 Å². The number of nitrogens with one attached hydrogen (secondary N) is 1. The molecule has 106 valence electrons. The van der Waals surface area contributed by atoms with Gasteiger partial charge in [0.25, 0.3) is 0 Å². The average molecular weight is 263 g/mol. The minimum absolute atomic E-state index is 0.283. The van der Waals surface area contributed by atoms with Gasteiger partial charge in [-0.2, -0.15) is 13.2 Å². The average Bonchev–Trinajstić information content (AvgIpc) is 2.34. The minimum atomic E-state index is -4.01. The van der Waals surface area contributed by atoms with Crippen molar-refractivity contribution in [3.05, 3.63) is 12.2 Å². The monoisotopic (exact) mass is 263 g/mol. The van der Waals surface area contributed by atoms with E-state index in [9.17, 15) is 13.2 Å². The fraction of sp³-hybridized carbons (Fsp3) is 0.857. The zero-order valence-electron chi connectivity index (χ0n) is 11.3. The maximum Gasteiger partial charge on any atom is 0.391 e. The minimum Gasteiger partial charge on any atom is -0.316 e. The Morgan fingerprint density at radius 2 is 1.83 bits per heavy atom. The fourth-order valence-corrected chi connectivity index (χ4v) is 2.81. The van der Waals surface area contributed by atoms with Crippen molar-refractivity contribution in [1.29, 1.82) is 0 Å². The van der Waals surface area contributed by atoms with Gasteiger partial charge in [-0.15, -0.1) is 0 Å². The van der Waals surface area contributed by atoms with Gasteiger partial charge in [0.15, 0.2) is 0 Å². The van der Waals surface area contributed by atoms with E-state index in [0.717, 1.165) is 12.8 Å². The molecule has 18 heavy (non-hydrogen) atoms. The third kappa shape index (κ3) is 4.30. The van der Waals surface area contributed by atoms with Crippen LogP contribution in [0.15, 0.2) is 12.2 Å². The Morgan fingerprint density at radius 1 is 1.28 bits per heavy atom. The Bertz CT molecular complexity index is 265. The van der Waals surface area contributed by atoms with Crippen molar-refractivity contribution in [2.75, 3.05) is 7.05 Å². The van der Waals surface area contributed by atoms with Gasteiger partial charge in [-0.3, -0.25) is 0 Å². The van der Waals surface area contributed by atoms with Gasteiger partial charge in [-0.05, 0) is 51.5 Å². The van der Waals surface area contributed by atoms with Gasteiger partial charge in [0.1, 0.15) is 0 Å². The van der Waals surface area contributed by atoms with E-state index in [4.69, 9.17) is 0 Å². The second kappa shape index (κ2) is 6.60. The van der Waals surface area contributed by atoms with E-state index in [2.05, 4.69) is 18.8 Å². The normalized spacial score (nSPS) is 26.9. The van der Waals surface area contributed by atoms with Crippen LogP contribution in [0, 0.1) is 11.8 Å².